The largest absolute Gasteiger partial charge is 0.425 e. The Morgan fingerprint density at radius 2 is 1.64 bits per heavy atom. The first-order valence-electron chi connectivity index (χ1n) is 7.51. The standard InChI is InChI=1S/C20H20O2/c1-13-11-17-15-8-6-5-7-14(15)9-10-16(17)18(12-13)22-19(21)20(2,3)4/h5-12H,1-4H3. The molecule has 0 radical (unpaired) electrons. The quantitative estimate of drug-likeness (QED) is 0.348. The van der Waals surface area contributed by atoms with Gasteiger partial charge in [-0.2, -0.15) is 0 Å². The molecule has 0 bridgehead atoms. The van der Waals surface area contributed by atoms with Crippen molar-refractivity contribution in [3.8, 4) is 5.75 Å². The molecule has 0 unspecified atom stereocenters. The second-order valence-electron chi connectivity index (χ2n) is 6.78. The summed E-state index contributed by atoms with van der Waals surface area (Å²) in [5.74, 6) is 0.424. The van der Waals surface area contributed by atoms with Crippen molar-refractivity contribution < 1.29 is 9.53 Å². The molecule has 2 heteroatoms. The summed E-state index contributed by atoms with van der Waals surface area (Å²) >= 11 is 0. The van der Waals surface area contributed by atoms with E-state index in [0.717, 1.165) is 16.3 Å². The van der Waals surface area contributed by atoms with Gasteiger partial charge in [-0.15, -0.1) is 0 Å². The van der Waals surface area contributed by atoms with E-state index in [2.05, 4.69) is 24.3 Å². The van der Waals surface area contributed by atoms with Crippen LogP contribution >= 0.6 is 0 Å². The summed E-state index contributed by atoms with van der Waals surface area (Å²) in [5.41, 5.74) is 0.563. The van der Waals surface area contributed by atoms with Crippen LogP contribution in [0.25, 0.3) is 21.5 Å². The predicted molar refractivity (Wildman–Crippen MR) is 91.3 cm³/mol. The van der Waals surface area contributed by atoms with E-state index in [0.29, 0.717) is 5.75 Å². The van der Waals surface area contributed by atoms with Crippen LogP contribution in [-0.4, -0.2) is 5.97 Å². The number of ether oxygens (including phenoxy) is 1. The van der Waals surface area contributed by atoms with Crippen LogP contribution in [0.5, 0.6) is 5.75 Å². The number of hydrogen-bond acceptors (Lipinski definition) is 2. The lowest BCUT2D eigenvalue weighted by molar-refractivity contribution is -0.142. The second-order valence-corrected chi connectivity index (χ2v) is 6.78. The first kappa shape index (κ1) is 14.6. The minimum absolute atomic E-state index is 0.215. The number of hydrogen-bond donors (Lipinski definition) is 0. The van der Waals surface area contributed by atoms with Crippen LogP contribution in [0.4, 0.5) is 0 Å². The van der Waals surface area contributed by atoms with E-state index in [1.807, 2.05) is 52.0 Å². The van der Waals surface area contributed by atoms with E-state index in [1.165, 1.54) is 10.8 Å². The van der Waals surface area contributed by atoms with E-state index in [4.69, 9.17) is 4.74 Å². The van der Waals surface area contributed by atoms with Crippen LogP contribution in [0.1, 0.15) is 26.3 Å². The van der Waals surface area contributed by atoms with Crippen LogP contribution in [-0.2, 0) is 4.79 Å². The molecule has 2 nitrogen and oxygen atoms in total. The number of esters is 1. The van der Waals surface area contributed by atoms with Gasteiger partial charge >= 0.3 is 5.97 Å². The normalized spacial score (nSPS) is 11.8. The molecule has 0 aliphatic heterocycles. The lowest BCUT2D eigenvalue weighted by Crippen LogP contribution is -2.25. The first-order chi connectivity index (χ1) is 10.4. The molecule has 112 valence electrons. The van der Waals surface area contributed by atoms with Gasteiger partial charge in [-0.05, 0) is 61.5 Å². The summed E-state index contributed by atoms with van der Waals surface area (Å²) in [6.07, 6.45) is 0. The van der Waals surface area contributed by atoms with Crippen LogP contribution in [0.2, 0.25) is 0 Å². The number of rotatable bonds is 1. The van der Waals surface area contributed by atoms with Gasteiger partial charge in [-0.1, -0.05) is 36.4 Å². The Hall–Kier alpha value is -2.35. The average molecular weight is 292 g/mol. The number of fused-ring (bicyclic) bond motifs is 3. The molecule has 3 aromatic carbocycles. The monoisotopic (exact) mass is 292 g/mol. The minimum atomic E-state index is -0.521. The fourth-order valence-electron chi connectivity index (χ4n) is 2.56. The number of benzene rings is 3. The molecular weight excluding hydrogens is 272 g/mol. The van der Waals surface area contributed by atoms with Crippen molar-refractivity contribution in [2.75, 3.05) is 0 Å². The van der Waals surface area contributed by atoms with Gasteiger partial charge in [0.05, 0.1) is 5.41 Å². The molecule has 3 rings (SSSR count). The molecule has 0 saturated heterocycles. The summed E-state index contributed by atoms with van der Waals surface area (Å²) in [6, 6.07) is 16.4. The van der Waals surface area contributed by atoms with Gasteiger partial charge in [0.2, 0.25) is 0 Å². The molecule has 0 atom stereocenters. The Bertz CT molecular complexity index is 870. The van der Waals surface area contributed by atoms with Crippen molar-refractivity contribution in [1.29, 1.82) is 0 Å². The molecule has 0 aliphatic rings. The highest BCUT2D eigenvalue weighted by Crippen LogP contribution is 2.34. The topological polar surface area (TPSA) is 26.3 Å². The summed E-state index contributed by atoms with van der Waals surface area (Å²) in [6.45, 7) is 7.61. The highest BCUT2D eigenvalue weighted by molar-refractivity contribution is 6.10. The number of carbonyl (C=O) groups is 1. The highest BCUT2D eigenvalue weighted by atomic mass is 16.5. The number of aryl methyl sites for hydroxylation is 1. The molecule has 0 aliphatic carbocycles. The Balaban J connectivity index is 2.23. The van der Waals surface area contributed by atoms with Crippen molar-refractivity contribution in [3.05, 3.63) is 54.1 Å². The average Bonchev–Trinajstić information content (AvgIpc) is 2.46. The van der Waals surface area contributed by atoms with E-state index < -0.39 is 5.41 Å². The third-order valence-corrected chi connectivity index (χ3v) is 3.78. The zero-order chi connectivity index (χ0) is 15.9. The van der Waals surface area contributed by atoms with Crippen molar-refractivity contribution in [1.82, 2.24) is 0 Å². The lowest BCUT2D eigenvalue weighted by atomic mass is 9.97. The summed E-state index contributed by atoms with van der Waals surface area (Å²) in [4.78, 5) is 12.2. The van der Waals surface area contributed by atoms with Gasteiger partial charge in [0.1, 0.15) is 5.75 Å². The highest BCUT2D eigenvalue weighted by Gasteiger charge is 2.24. The van der Waals surface area contributed by atoms with Gasteiger partial charge in [-0.25, -0.2) is 0 Å². The molecule has 0 heterocycles. The van der Waals surface area contributed by atoms with Gasteiger partial charge in [0.25, 0.3) is 0 Å². The fraction of sp³-hybridized carbons (Fsp3) is 0.250. The Labute approximate surface area is 130 Å². The van der Waals surface area contributed by atoms with Crippen molar-refractivity contribution in [2.45, 2.75) is 27.7 Å². The molecule has 0 saturated carbocycles. The second kappa shape index (κ2) is 5.13. The summed E-state index contributed by atoms with van der Waals surface area (Å²) in [7, 11) is 0. The molecular formula is C20H20O2. The molecule has 3 aromatic rings. The smallest absolute Gasteiger partial charge is 0.316 e. The predicted octanol–water partition coefficient (Wildman–Crippen LogP) is 5.25. The van der Waals surface area contributed by atoms with Gasteiger partial charge in [0, 0.05) is 5.39 Å². The van der Waals surface area contributed by atoms with Crippen LogP contribution in [0.3, 0.4) is 0 Å². The van der Waals surface area contributed by atoms with Crippen LogP contribution < -0.4 is 4.74 Å². The molecule has 0 N–H and O–H groups in total. The third kappa shape index (κ3) is 2.57. The van der Waals surface area contributed by atoms with Crippen molar-refractivity contribution in [2.24, 2.45) is 5.41 Å². The van der Waals surface area contributed by atoms with Crippen LogP contribution in [0.15, 0.2) is 48.5 Å². The van der Waals surface area contributed by atoms with Gasteiger partial charge < -0.3 is 4.74 Å². The van der Waals surface area contributed by atoms with Gasteiger partial charge in [-0.3, -0.25) is 4.79 Å². The summed E-state index contributed by atoms with van der Waals surface area (Å²) < 4.78 is 5.68. The van der Waals surface area contributed by atoms with Crippen molar-refractivity contribution in [3.63, 3.8) is 0 Å². The third-order valence-electron chi connectivity index (χ3n) is 3.78. The molecule has 0 amide bonds. The Kier molecular flexibility index (Phi) is 3.40. The van der Waals surface area contributed by atoms with E-state index in [-0.39, 0.29) is 5.97 Å². The maximum Gasteiger partial charge on any atom is 0.316 e. The lowest BCUT2D eigenvalue weighted by Gasteiger charge is -2.18. The van der Waals surface area contributed by atoms with Gasteiger partial charge in [0.15, 0.2) is 0 Å². The molecule has 0 aromatic heterocycles. The maximum absolute atomic E-state index is 12.2. The minimum Gasteiger partial charge on any atom is -0.425 e. The fourth-order valence-corrected chi connectivity index (χ4v) is 2.56. The first-order valence-corrected chi connectivity index (χ1v) is 7.51. The van der Waals surface area contributed by atoms with Crippen molar-refractivity contribution >= 4 is 27.5 Å². The molecule has 0 spiro atoms. The Morgan fingerprint density at radius 1 is 0.909 bits per heavy atom. The molecule has 22 heavy (non-hydrogen) atoms. The maximum atomic E-state index is 12.2. The zero-order valence-corrected chi connectivity index (χ0v) is 13.4. The molecule has 0 fully saturated rings. The van der Waals surface area contributed by atoms with E-state index in [1.54, 1.807) is 0 Å². The number of carbonyl (C=O) groups excluding carboxylic acids is 1. The van der Waals surface area contributed by atoms with Crippen LogP contribution in [0, 0.1) is 12.3 Å². The SMILES string of the molecule is Cc1cc(OC(=O)C(C)(C)C)c2ccc3ccccc3c2c1. The van der Waals surface area contributed by atoms with E-state index >= 15 is 0 Å². The zero-order valence-electron chi connectivity index (χ0n) is 13.4. The summed E-state index contributed by atoms with van der Waals surface area (Å²) in [5, 5.41) is 4.46. The Morgan fingerprint density at radius 3 is 2.36 bits per heavy atom. The van der Waals surface area contributed by atoms with E-state index in [9.17, 15) is 4.79 Å².